The van der Waals surface area contributed by atoms with Gasteiger partial charge in [-0.1, -0.05) is 50.0 Å². The van der Waals surface area contributed by atoms with E-state index >= 15 is 0 Å². The average Bonchev–Trinajstić information content (AvgIpc) is 3.29. The molecule has 1 amide bonds. The maximum Gasteiger partial charge on any atom is 0.407 e. The molecule has 4 aromatic heterocycles. The van der Waals surface area contributed by atoms with Gasteiger partial charge in [-0.15, -0.1) is 0 Å². The molecule has 48 heavy (non-hydrogen) atoms. The topological polar surface area (TPSA) is 107 Å². The lowest BCUT2D eigenvalue weighted by atomic mass is 10.1. The van der Waals surface area contributed by atoms with Crippen molar-refractivity contribution in [3.8, 4) is 22.6 Å². The number of benzene rings is 1. The molecule has 0 saturated carbocycles. The van der Waals surface area contributed by atoms with Crippen molar-refractivity contribution in [2.45, 2.75) is 64.3 Å². The third-order valence-corrected chi connectivity index (χ3v) is 10.8. The number of ether oxygens (including phenoxy) is 2. The minimum absolute atomic E-state index is 0.0271. The smallest absolute Gasteiger partial charge is 0.407 e. The molecule has 12 heteroatoms. The molecule has 1 aliphatic heterocycles. The van der Waals surface area contributed by atoms with E-state index < -0.39 is 8.07 Å². The second-order valence-electron chi connectivity index (χ2n) is 13.3. The van der Waals surface area contributed by atoms with Crippen LogP contribution in [0.4, 0.5) is 10.6 Å². The third kappa shape index (κ3) is 8.66. The first-order valence-corrected chi connectivity index (χ1v) is 21.0. The van der Waals surface area contributed by atoms with Crippen molar-refractivity contribution < 1.29 is 14.3 Å². The molecule has 1 saturated heterocycles. The van der Waals surface area contributed by atoms with Gasteiger partial charge in [0.05, 0.1) is 27.6 Å². The Bertz CT molecular complexity index is 1830. The molecule has 0 spiro atoms. The van der Waals surface area contributed by atoms with E-state index in [0.717, 1.165) is 87.8 Å². The Hall–Kier alpha value is -4.13. The van der Waals surface area contributed by atoms with Crippen LogP contribution in [0.15, 0.2) is 83.7 Å². The van der Waals surface area contributed by atoms with Crippen LogP contribution in [0.5, 0.6) is 0 Å². The summed E-state index contributed by atoms with van der Waals surface area (Å²) >= 11 is 3.76. The summed E-state index contributed by atoms with van der Waals surface area (Å²) in [6.45, 7) is 9.90. The van der Waals surface area contributed by atoms with Crippen LogP contribution < -0.4 is 10.2 Å². The van der Waals surface area contributed by atoms with Crippen molar-refractivity contribution in [3.05, 3.63) is 89.3 Å². The molecule has 5 aromatic rings. The van der Waals surface area contributed by atoms with Crippen molar-refractivity contribution in [1.82, 2.24) is 30.0 Å². The summed E-state index contributed by atoms with van der Waals surface area (Å²) in [7, 11) is -1.22. The lowest BCUT2D eigenvalue weighted by Gasteiger charge is -2.23. The number of nitrogens with one attached hydrogen (secondary N) is 1. The fourth-order valence-corrected chi connectivity index (χ4v) is 6.96. The number of halogens is 1. The Morgan fingerprint density at radius 3 is 2.67 bits per heavy atom. The number of aromatic nitrogens is 5. The fraction of sp³-hybridized carbons (Fsp3) is 0.361. The molecular formula is C36H42BrN7O3Si. The summed E-state index contributed by atoms with van der Waals surface area (Å²) in [5, 5.41) is 9.06. The summed E-state index contributed by atoms with van der Waals surface area (Å²) in [5.74, 6) is 0.857. The molecule has 1 aliphatic rings. The summed E-state index contributed by atoms with van der Waals surface area (Å²) in [6.07, 6.45) is 7.62. The molecule has 250 valence electrons. The first kappa shape index (κ1) is 33.8. The summed E-state index contributed by atoms with van der Waals surface area (Å²) < 4.78 is 14.4. The zero-order valence-corrected chi connectivity index (χ0v) is 30.3. The number of carbonyl (C=O) groups is 1. The number of hydrogen-bond donors (Lipinski definition) is 1. The van der Waals surface area contributed by atoms with Gasteiger partial charge in [0.15, 0.2) is 0 Å². The Kier molecular flexibility index (Phi) is 10.8. The van der Waals surface area contributed by atoms with E-state index in [-0.39, 0.29) is 18.7 Å². The summed E-state index contributed by atoms with van der Waals surface area (Å²) in [6, 6.07) is 20.9. The van der Waals surface area contributed by atoms with Gasteiger partial charge in [-0.05, 0) is 77.1 Å². The van der Waals surface area contributed by atoms with Gasteiger partial charge < -0.3 is 19.7 Å². The largest absolute Gasteiger partial charge is 0.445 e. The molecule has 10 nitrogen and oxygen atoms in total. The molecule has 0 aliphatic carbocycles. The Balaban J connectivity index is 1.21. The van der Waals surface area contributed by atoms with Gasteiger partial charge in [-0.25, -0.2) is 14.5 Å². The van der Waals surface area contributed by atoms with E-state index in [2.05, 4.69) is 56.8 Å². The highest BCUT2D eigenvalue weighted by Crippen LogP contribution is 2.34. The second-order valence-corrected chi connectivity index (χ2v) is 19.8. The molecule has 0 radical (unpaired) electrons. The van der Waals surface area contributed by atoms with Gasteiger partial charge in [0, 0.05) is 57.2 Å². The minimum atomic E-state index is -1.22. The van der Waals surface area contributed by atoms with E-state index in [4.69, 9.17) is 24.5 Å². The number of hydrogen-bond acceptors (Lipinski definition) is 8. The van der Waals surface area contributed by atoms with Gasteiger partial charge in [0.2, 0.25) is 0 Å². The molecular weight excluding hydrogens is 686 g/mol. The van der Waals surface area contributed by atoms with Crippen molar-refractivity contribution in [1.29, 1.82) is 0 Å². The van der Waals surface area contributed by atoms with Crippen molar-refractivity contribution in [2.75, 3.05) is 24.6 Å². The van der Waals surface area contributed by atoms with Crippen LogP contribution in [-0.4, -0.2) is 64.6 Å². The van der Waals surface area contributed by atoms with Crippen LogP contribution in [-0.2, 0) is 22.8 Å². The number of carbonyl (C=O) groups excluding carboxylic acids is 1. The van der Waals surface area contributed by atoms with Crippen LogP contribution in [0.1, 0.15) is 24.8 Å². The molecule has 5 heterocycles. The van der Waals surface area contributed by atoms with E-state index in [9.17, 15) is 4.79 Å². The van der Waals surface area contributed by atoms with Crippen LogP contribution in [0.2, 0.25) is 25.7 Å². The van der Waals surface area contributed by atoms with E-state index in [1.165, 1.54) is 0 Å². The molecule has 1 aromatic carbocycles. The van der Waals surface area contributed by atoms with Gasteiger partial charge in [-0.2, -0.15) is 5.10 Å². The molecule has 0 unspecified atom stereocenters. The molecule has 1 atom stereocenters. The quantitative estimate of drug-likeness (QED) is 0.108. The monoisotopic (exact) mass is 727 g/mol. The number of anilines is 1. The van der Waals surface area contributed by atoms with Gasteiger partial charge >= 0.3 is 6.09 Å². The predicted molar refractivity (Wildman–Crippen MR) is 195 cm³/mol. The number of pyridine rings is 3. The van der Waals surface area contributed by atoms with E-state index in [1.807, 2.05) is 71.7 Å². The SMILES string of the molecule is C[Si](C)(C)CCOCn1nc(-c2ccc(Br)c(N3CCC[C@@H](NC(=O)OCc4ccccc4)CC3)n2)c2cc(-c3cccnc3)ncc21. The zero-order valence-electron chi connectivity index (χ0n) is 27.7. The van der Waals surface area contributed by atoms with Crippen LogP contribution in [0.25, 0.3) is 33.5 Å². The number of nitrogens with zero attached hydrogens (tertiary/aromatic N) is 6. The predicted octanol–water partition coefficient (Wildman–Crippen LogP) is 7.92. The zero-order chi connectivity index (χ0) is 33.5. The number of fused-ring (bicyclic) bond motifs is 1. The lowest BCUT2D eigenvalue weighted by Crippen LogP contribution is -2.36. The van der Waals surface area contributed by atoms with Crippen molar-refractivity contribution in [2.24, 2.45) is 0 Å². The standard InChI is InChI=1S/C36H42BrN7O3Si/c1-48(2,3)20-19-46-25-44-33-23-39-32(27-11-7-16-38-22-27)21-29(33)34(42-44)31-14-13-30(37)35(41-31)43-17-8-12-28(15-18-43)40-36(45)47-24-26-9-5-4-6-10-26/h4-7,9-11,13-14,16,21-23,28H,8,12,15,17-20,24-25H2,1-3H3,(H,40,45)/t28-/m1/s1. The van der Waals surface area contributed by atoms with Crippen LogP contribution in [0, 0.1) is 0 Å². The Morgan fingerprint density at radius 1 is 1.02 bits per heavy atom. The van der Waals surface area contributed by atoms with Gasteiger partial charge in [0.25, 0.3) is 0 Å². The van der Waals surface area contributed by atoms with E-state index in [0.29, 0.717) is 13.3 Å². The fourth-order valence-electron chi connectivity index (χ4n) is 5.73. The average molecular weight is 729 g/mol. The molecule has 0 bridgehead atoms. The van der Waals surface area contributed by atoms with Crippen LogP contribution in [0.3, 0.4) is 0 Å². The Morgan fingerprint density at radius 2 is 1.88 bits per heavy atom. The minimum Gasteiger partial charge on any atom is -0.445 e. The molecule has 1 N–H and O–H groups in total. The highest BCUT2D eigenvalue weighted by Gasteiger charge is 2.23. The maximum absolute atomic E-state index is 12.6. The molecule has 6 rings (SSSR count). The summed E-state index contributed by atoms with van der Waals surface area (Å²) in [5.41, 5.74) is 5.15. The van der Waals surface area contributed by atoms with Gasteiger partial charge in [0.1, 0.15) is 24.8 Å². The van der Waals surface area contributed by atoms with Crippen LogP contribution >= 0.6 is 15.9 Å². The Labute approximate surface area is 291 Å². The van der Waals surface area contributed by atoms with Crippen molar-refractivity contribution >= 4 is 46.8 Å². The normalized spacial score (nSPS) is 15.3. The highest BCUT2D eigenvalue weighted by molar-refractivity contribution is 9.10. The molecule has 1 fully saturated rings. The van der Waals surface area contributed by atoms with Crippen molar-refractivity contribution in [3.63, 3.8) is 0 Å². The lowest BCUT2D eigenvalue weighted by molar-refractivity contribution is 0.0818. The van der Waals surface area contributed by atoms with E-state index in [1.54, 1.807) is 6.20 Å². The first-order valence-electron chi connectivity index (χ1n) is 16.5. The highest BCUT2D eigenvalue weighted by atomic mass is 79.9. The number of amides is 1. The maximum atomic E-state index is 12.6. The summed E-state index contributed by atoms with van der Waals surface area (Å²) in [4.78, 5) is 29.1. The first-order chi connectivity index (χ1) is 23.2. The third-order valence-electron chi connectivity index (χ3n) is 8.44. The second kappa shape index (κ2) is 15.4. The van der Waals surface area contributed by atoms with Gasteiger partial charge in [-0.3, -0.25) is 9.97 Å². The number of alkyl carbamates (subject to hydrolysis) is 1. The number of rotatable bonds is 11.